The van der Waals surface area contributed by atoms with E-state index in [9.17, 15) is 27.1 Å². The van der Waals surface area contributed by atoms with Crippen LogP contribution in [-0.2, 0) is 19.6 Å². The zero-order valence-electron chi connectivity index (χ0n) is 11.5. The summed E-state index contributed by atoms with van der Waals surface area (Å²) in [6, 6.07) is 0. The fourth-order valence-corrected chi connectivity index (χ4v) is 3.60. The Morgan fingerprint density at radius 2 is 2.05 bits per heavy atom. The number of carbonyl (C=O) groups is 1. The Hall–Kier alpha value is -1.22. The minimum absolute atomic E-state index is 0.0271. The predicted molar refractivity (Wildman–Crippen MR) is 67.1 cm³/mol. The van der Waals surface area contributed by atoms with Crippen LogP contribution in [0.2, 0.25) is 0 Å². The smallest absolute Gasteiger partial charge is 0.465 e. The second kappa shape index (κ2) is 4.64. The van der Waals surface area contributed by atoms with Gasteiger partial charge in [-0.2, -0.15) is 17.2 Å². The molecule has 2 aliphatic rings. The average Bonchev–Trinajstić information content (AvgIpc) is 2.71. The summed E-state index contributed by atoms with van der Waals surface area (Å²) < 4.78 is 59.6. The van der Waals surface area contributed by atoms with Gasteiger partial charge in [0.05, 0.1) is 11.7 Å². The lowest BCUT2D eigenvalue weighted by molar-refractivity contribution is -0.163. The Morgan fingerprint density at radius 1 is 1.48 bits per heavy atom. The maximum Gasteiger partial charge on any atom is 0.465 e. The van der Waals surface area contributed by atoms with Gasteiger partial charge < -0.3 is 9.84 Å². The average molecular weight is 326 g/mol. The molecule has 2 bridgehead atoms. The Labute approximate surface area is 120 Å². The maximum absolute atomic E-state index is 13.0. The second-order valence-electron chi connectivity index (χ2n) is 5.93. The van der Waals surface area contributed by atoms with Crippen LogP contribution in [0.15, 0.2) is 11.3 Å². The summed E-state index contributed by atoms with van der Waals surface area (Å²) in [5.41, 5.74) is 0.516. The number of alkyl halides is 2. The first-order valence-electron chi connectivity index (χ1n) is 6.35. The standard InChI is InChI=1S/C12H16F2O6S/c1-11(2)7-3-4-8(11)9(15)6(7)5-20-10(16)12(13,14)21(17,18)19/h6-7,15H,3-5H2,1-2H3,(H,17,18,19). The molecule has 2 N–H and O–H groups in total. The van der Waals surface area contributed by atoms with Crippen molar-refractivity contribution in [1.82, 2.24) is 0 Å². The molecule has 0 spiro atoms. The summed E-state index contributed by atoms with van der Waals surface area (Å²) >= 11 is 0. The number of ether oxygens (including phenoxy) is 1. The zero-order chi connectivity index (χ0) is 16.2. The molecule has 0 aromatic carbocycles. The number of allylic oxidation sites excluding steroid dienone is 1. The van der Waals surface area contributed by atoms with E-state index in [1.165, 1.54) is 0 Å². The minimum atomic E-state index is -5.88. The number of carbonyl (C=O) groups excluding carboxylic acids is 1. The third-order valence-corrected chi connectivity index (χ3v) is 5.33. The molecule has 0 aromatic rings. The highest BCUT2D eigenvalue weighted by atomic mass is 32.2. The zero-order valence-corrected chi connectivity index (χ0v) is 12.3. The Balaban J connectivity index is 2.08. The molecule has 2 unspecified atom stereocenters. The maximum atomic E-state index is 13.0. The summed E-state index contributed by atoms with van der Waals surface area (Å²) in [4.78, 5) is 11.1. The third-order valence-electron chi connectivity index (χ3n) is 4.51. The van der Waals surface area contributed by atoms with Crippen LogP contribution in [0.25, 0.3) is 0 Å². The molecule has 0 saturated heterocycles. The monoisotopic (exact) mass is 326 g/mol. The first-order valence-corrected chi connectivity index (χ1v) is 7.79. The van der Waals surface area contributed by atoms with E-state index in [1.54, 1.807) is 0 Å². The third kappa shape index (κ3) is 2.32. The molecule has 6 nitrogen and oxygen atoms in total. The highest BCUT2D eigenvalue weighted by Crippen LogP contribution is 2.59. The van der Waals surface area contributed by atoms with Crippen LogP contribution in [0.3, 0.4) is 0 Å². The molecular formula is C12H16F2O6S. The van der Waals surface area contributed by atoms with E-state index in [1.807, 2.05) is 13.8 Å². The molecule has 0 radical (unpaired) electrons. The van der Waals surface area contributed by atoms with Gasteiger partial charge in [-0.05, 0) is 29.7 Å². The van der Waals surface area contributed by atoms with Crippen LogP contribution in [0.4, 0.5) is 8.78 Å². The lowest BCUT2D eigenvalue weighted by Crippen LogP contribution is -2.40. The summed E-state index contributed by atoms with van der Waals surface area (Å²) in [5.74, 6) is -2.99. The summed E-state index contributed by atoms with van der Waals surface area (Å²) in [7, 11) is -5.88. The molecule has 2 rings (SSSR count). The van der Waals surface area contributed by atoms with Crippen LogP contribution in [-0.4, -0.2) is 35.9 Å². The number of esters is 1. The van der Waals surface area contributed by atoms with Gasteiger partial charge in [-0.15, -0.1) is 0 Å². The van der Waals surface area contributed by atoms with E-state index in [4.69, 9.17) is 4.55 Å². The van der Waals surface area contributed by atoms with Gasteiger partial charge in [-0.1, -0.05) is 13.8 Å². The van der Waals surface area contributed by atoms with Gasteiger partial charge in [0, 0.05) is 0 Å². The number of hydrogen-bond acceptors (Lipinski definition) is 5. The fraction of sp³-hybridized carbons (Fsp3) is 0.750. The van der Waals surface area contributed by atoms with E-state index in [0.717, 1.165) is 12.0 Å². The fourth-order valence-electron chi connectivity index (χ4n) is 3.33. The van der Waals surface area contributed by atoms with Crippen molar-refractivity contribution in [3.63, 3.8) is 0 Å². The predicted octanol–water partition coefficient (Wildman–Crippen LogP) is 1.89. The molecule has 21 heavy (non-hydrogen) atoms. The largest absolute Gasteiger partial charge is 0.512 e. The van der Waals surface area contributed by atoms with Crippen molar-refractivity contribution in [2.45, 2.75) is 31.9 Å². The van der Waals surface area contributed by atoms with Crippen molar-refractivity contribution in [3.05, 3.63) is 11.3 Å². The number of fused-ring (bicyclic) bond motifs is 2. The molecule has 0 amide bonds. The number of aliphatic hydroxyl groups is 1. The molecular weight excluding hydrogens is 310 g/mol. The molecule has 0 heterocycles. The minimum Gasteiger partial charge on any atom is -0.512 e. The topological polar surface area (TPSA) is 101 Å². The van der Waals surface area contributed by atoms with E-state index >= 15 is 0 Å². The highest BCUT2D eigenvalue weighted by molar-refractivity contribution is 7.87. The van der Waals surface area contributed by atoms with Gasteiger partial charge in [0.15, 0.2) is 0 Å². The van der Waals surface area contributed by atoms with Crippen LogP contribution in [0.5, 0.6) is 0 Å². The molecule has 1 saturated carbocycles. The summed E-state index contributed by atoms with van der Waals surface area (Å²) in [6.45, 7) is 3.27. The molecule has 0 aromatic heterocycles. The van der Waals surface area contributed by atoms with Crippen molar-refractivity contribution in [3.8, 4) is 0 Å². The molecule has 2 atom stereocenters. The Morgan fingerprint density at radius 3 is 2.48 bits per heavy atom. The summed E-state index contributed by atoms with van der Waals surface area (Å²) in [5, 5.41) is 5.01. The SMILES string of the molecule is CC1(C)C2=C(O)C(COC(=O)C(F)(F)S(=O)(=O)O)C1CC2. The van der Waals surface area contributed by atoms with Crippen molar-refractivity contribution < 1.29 is 36.4 Å². The van der Waals surface area contributed by atoms with E-state index in [2.05, 4.69) is 4.74 Å². The van der Waals surface area contributed by atoms with Gasteiger partial charge >= 0.3 is 21.3 Å². The lowest BCUT2D eigenvalue weighted by atomic mass is 9.79. The first-order chi connectivity index (χ1) is 9.40. The molecule has 1 fully saturated rings. The molecule has 120 valence electrons. The van der Waals surface area contributed by atoms with Crippen molar-refractivity contribution in [1.29, 1.82) is 0 Å². The quantitative estimate of drug-likeness (QED) is 0.604. The van der Waals surface area contributed by atoms with E-state index in [-0.39, 0.29) is 17.1 Å². The first kappa shape index (κ1) is 16.2. The van der Waals surface area contributed by atoms with E-state index < -0.39 is 33.9 Å². The second-order valence-corrected chi connectivity index (χ2v) is 7.39. The van der Waals surface area contributed by atoms with Crippen molar-refractivity contribution in [2.75, 3.05) is 6.61 Å². The number of rotatable bonds is 4. The van der Waals surface area contributed by atoms with Gasteiger partial charge in [0.1, 0.15) is 6.61 Å². The van der Waals surface area contributed by atoms with Crippen LogP contribution in [0.1, 0.15) is 26.7 Å². The van der Waals surface area contributed by atoms with Gasteiger partial charge in [-0.25, -0.2) is 4.79 Å². The molecule has 9 heteroatoms. The van der Waals surface area contributed by atoms with Crippen LogP contribution in [0, 0.1) is 17.3 Å². The summed E-state index contributed by atoms with van der Waals surface area (Å²) in [6.07, 6.45) is 1.44. The number of aliphatic hydroxyl groups excluding tert-OH is 1. The van der Waals surface area contributed by atoms with Gasteiger partial charge in [-0.3, -0.25) is 4.55 Å². The van der Waals surface area contributed by atoms with Crippen LogP contribution < -0.4 is 0 Å². The van der Waals surface area contributed by atoms with Gasteiger partial charge in [0.2, 0.25) is 0 Å². The van der Waals surface area contributed by atoms with Crippen LogP contribution >= 0.6 is 0 Å². The highest BCUT2D eigenvalue weighted by Gasteiger charge is 2.56. The van der Waals surface area contributed by atoms with Crippen molar-refractivity contribution in [2.24, 2.45) is 17.3 Å². The molecule has 2 aliphatic carbocycles. The van der Waals surface area contributed by atoms with Gasteiger partial charge in [0.25, 0.3) is 0 Å². The Bertz CT molecular complexity index is 607. The van der Waals surface area contributed by atoms with E-state index in [0.29, 0.717) is 6.42 Å². The number of halogens is 2. The normalized spacial score (nSPS) is 28.0. The Kier molecular flexibility index (Phi) is 3.57. The van der Waals surface area contributed by atoms with Crippen molar-refractivity contribution >= 4 is 16.1 Å². The lowest BCUT2D eigenvalue weighted by Gasteiger charge is -2.26. The number of hydrogen-bond donors (Lipinski definition) is 2. The molecule has 0 aliphatic heterocycles.